The average Bonchev–Trinajstić information content (AvgIpc) is 2.70. The molecule has 0 heterocycles. The van der Waals surface area contributed by atoms with Crippen LogP contribution in [0.2, 0.25) is 0 Å². The van der Waals surface area contributed by atoms with Crippen molar-refractivity contribution in [3.05, 3.63) is 35.1 Å². The third-order valence-electron chi connectivity index (χ3n) is 3.38. The molecule has 1 aliphatic carbocycles. The molecule has 0 aliphatic heterocycles. The number of carbonyl (C=O) groups is 1. The minimum absolute atomic E-state index is 0.0693. The van der Waals surface area contributed by atoms with E-state index in [1.165, 1.54) is 11.6 Å². The molecule has 0 fully saturated rings. The van der Waals surface area contributed by atoms with E-state index in [2.05, 4.69) is 10.6 Å². The molecule has 1 unspecified atom stereocenters. The van der Waals surface area contributed by atoms with Crippen molar-refractivity contribution in [2.45, 2.75) is 45.2 Å². The molecule has 104 valence electrons. The fourth-order valence-corrected chi connectivity index (χ4v) is 2.55. The summed E-state index contributed by atoms with van der Waals surface area (Å²) in [6, 6.07) is 5.40. The Kier molecular flexibility index (Phi) is 4.53. The number of benzene rings is 1. The number of carbonyl (C=O) groups excluding carboxylic acids is 1. The van der Waals surface area contributed by atoms with Crippen LogP contribution in [0.4, 0.5) is 4.39 Å². The Morgan fingerprint density at radius 2 is 2.26 bits per heavy atom. The van der Waals surface area contributed by atoms with Gasteiger partial charge < -0.3 is 10.6 Å². The molecule has 0 spiro atoms. The van der Waals surface area contributed by atoms with E-state index in [0.29, 0.717) is 13.0 Å². The first kappa shape index (κ1) is 14.0. The molecule has 4 heteroatoms. The molecule has 3 nitrogen and oxygen atoms in total. The van der Waals surface area contributed by atoms with E-state index in [1.54, 1.807) is 6.07 Å². The largest absolute Gasteiger partial charge is 0.354 e. The SMILES string of the molecule is CC(C)NC(=O)CCNC1CCc2cc(F)ccc21. The zero-order valence-electron chi connectivity index (χ0n) is 11.5. The molecule has 1 atom stereocenters. The van der Waals surface area contributed by atoms with Gasteiger partial charge in [-0.1, -0.05) is 6.07 Å². The first-order valence-electron chi connectivity index (χ1n) is 6.87. The lowest BCUT2D eigenvalue weighted by molar-refractivity contribution is -0.121. The van der Waals surface area contributed by atoms with Crippen LogP contribution in [0.5, 0.6) is 0 Å². The number of aryl methyl sites for hydroxylation is 1. The summed E-state index contributed by atoms with van der Waals surface area (Å²) in [6.45, 7) is 4.56. The smallest absolute Gasteiger partial charge is 0.221 e. The van der Waals surface area contributed by atoms with Gasteiger partial charge in [-0.2, -0.15) is 0 Å². The zero-order chi connectivity index (χ0) is 13.8. The number of amides is 1. The standard InChI is InChI=1S/C15H21FN2O/c1-10(2)18-15(19)7-8-17-14-6-3-11-9-12(16)4-5-13(11)14/h4-5,9-10,14,17H,3,6-8H2,1-2H3,(H,18,19). The second-order valence-corrected chi connectivity index (χ2v) is 5.36. The van der Waals surface area contributed by atoms with Gasteiger partial charge >= 0.3 is 0 Å². The van der Waals surface area contributed by atoms with Crippen LogP contribution in [-0.2, 0) is 11.2 Å². The Bertz CT molecular complexity index is 459. The molecule has 2 N–H and O–H groups in total. The highest BCUT2D eigenvalue weighted by Crippen LogP contribution is 2.31. The van der Waals surface area contributed by atoms with Crippen LogP contribution in [0.1, 0.15) is 43.9 Å². The van der Waals surface area contributed by atoms with Crippen molar-refractivity contribution in [2.24, 2.45) is 0 Å². The quantitative estimate of drug-likeness (QED) is 0.857. The summed E-state index contributed by atoms with van der Waals surface area (Å²) in [4.78, 5) is 11.5. The fourth-order valence-electron chi connectivity index (χ4n) is 2.55. The summed E-state index contributed by atoms with van der Waals surface area (Å²) in [5, 5.41) is 6.24. The number of hydrogen-bond donors (Lipinski definition) is 2. The van der Waals surface area contributed by atoms with Gasteiger partial charge in [-0.3, -0.25) is 4.79 Å². The van der Waals surface area contributed by atoms with Gasteiger partial charge in [-0.05, 0) is 49.9 Å². The molecule has 1 aromatic rings. The van der Waals surface area contributed by atoms with Crippen LogP contribution in [0.25, 0.3) is 0 Å². The Hall–Kier alpha value is -1.42. The van der Waals surface area contributed by atoms with E-state index in [0.717, 1.165) is 18.4 Å². The predicted molar refractivity (Wildman–Crippen MR) is 73.4 cm³/mol. The first-order valence-corrected chi connectivity index (χ1v) is 6.87. The van der Waals surface area contributed by atoms with Gasteiger partial charge in [0.15, 0.2) is 0 Å². The van der Waals surface area contributed by atoms with E-state index in [1.807, 2.05) is 19.9 Å². The molecule has 1 aromatic carbocycles. The number of rotatable bonds is 5. The van der Waals surface area contributed by atoms with Gasteiger partial charge in [0.1, 0.15) is 5.82 Å². The molecule has 0 bridgehead atoms. The molecule has 1 amide bonds. The molecule has 0 aromatic heterocycles. The zero-order valence-corrected chi connectivity index (χ0v) is 11.5. The first-order chi connectivity index (χ1) is 9.06. The van der Waals surface area contributed by atoms with Crippen molar-refractivity contribution in [1.82, 2.24) is 10.6 Å². The van der Waals surface area contributed by atoms with E-state index in [4.69, 9.17) is 0 Å². The highest BCUT2D eigenvalue weighted by atomic mass is 19.1. The maximum absolute atomic E-state index is 13.1. The number of fused-ring (bicyclic) bond motifs is 1. The third-order valence-corrected chi connectivity index (χ3v) is 3.38. The molecule has 1 aliphatic rings. The fraction of sp³-hybridized carbons (Fsp3) is 0.533. The molecule has 0 saturated carbocycles. The maximum Gasteiger partial charge on any atom is 0.221 e. The minimum Gasteiger partial charge on any atom is -0.354 e. The number of hydrogen-bond acceptors (Lipinski definition) is 2. The second kappa shape index (κ2) is 6.15. The summed E-state index contributed by atoms with van der Waals surface area (Å²) < 4.78 is 13.1. The van der Waals surface area contributed by atoms with E-state index >= 15 is 0 Å². The van der Waals surface area contributed by atoms with Crippen molar-refractivity contribution >= 4 is 5.91 Å². The molecule has 2 rings (SSSR count). The lowest BCUT2D eigenvalue weighted by Gasteiger charge is -2.14. The topological polar surface area (TPSA) is 41.1 Å². The summed E-state index contributed by atoms with van der Waals surface area (Å²) in [5.74, 6) is -0.101. The monoisotopic (exact) mass is 264 g/mol. The average molecular weight is 264 g/mol. The lowest BCUT2D eigenvalue weighted by atomic mass is 10.1. The van der Waals surface area contributed by atoms with Gasteiger partial charge in [0, 0.05) is 25.0 Å². The minimum atomic E-state index is -0.171. The van der Waals surface area contributed by atoms with Crippen LogP contribution >= 0.6 is 0 Å². The Morgan fingerprint density at radius 1 is 1.47 bits per heavy atom. The van der Waals surface area contributed by atoms with Gasteiger partial charge in [-0.15, -0.1) is 0 Å². The van der Waals surface area contributed by atoms with Gasteiger partial charge in [-0.25, -0.2) is 4.39 Å². The highest BCUT2D eigenvalue weighted by molar-refractivity contribution is 5.76. The summed E-state index contributed by atoms with van der Waals surface area (Å²) in [5.41, 5.74) is 2.26. The lowest BCUT2D eigenvalue weighted by Crippen LogP contribution is -2.33. The van der Waals surface area contributed by atoms with Crippen molar-refractivity contribution < 1.29 is 9.18 Å². The summed E-state index contributed by atoms with van der Waals surface area (Å²) in [7, 11) is 0. The highest BCUT2D eigenvalue weighted by Gasteiger charge is 2.22. The predicted octanol–water partition coefficient (Wildman–Crippen LogP) is 2.32. The third kappa shape index (κ3) is 3.77. The van der Waals surface area contributed by atoms with Crippen LogP contribution in [-0.4, -0.2) is 18.5 Å². The van der Waals surface area contributed by atoms with Crippen LogP contribution < -0.4 is 10.6 Å². The Labute approximate surface area is 113 Å². The van der Waals surface area contributed by atoms with Gasteiger partial charge in [0.25, 0.3) is 0 Å². The molecule has 19 heavy (non-hydrogen) atoms. The van der Waals surface area contributed by atoms with E-state index in [9.17, 15) is 9.18 Å². The summed E-state index contributed by atoms with van der Waals surface area (Å²) in [6.07, 6.45) is 2.36. The molecule has 0 radical (unpaired) electrons. The maximum atomic E-state index is 13.1. The summed E-state index contributed by atoms with van der Waals surface area (Å²) >= 11 is 0. The number of halogens is 1. The number of nitrogens with one attached hydrogen (secondary N) is 2. The molecular formula is C15H21FN2O. The van der Waals surface area contributed by atoms with Crippen LogP contribution in [0.3, 0.4) is 0 Å². The Morgan fingerprint density at radius 3 is 3.00 bits per heavy atom. The molecular weight excluding hydrogens is 243 g/mol. The van der Waals surface area contributed by atoms with Crippen LogP contribution in [0, 0.1) is 5.82 Å². The van der Waals surface area contributed by atoms with Gasteiger partial charge in [0.05, 0.1) is 0 Å². The van der Waals surface area contributed by atoms with E-state index in [-0.39, 0.29) is 23.8 Å². The van der Waals surface area contributed by atoms with E-state index < -0.39 is 0 Å². The van der Waals surface area contributed by atoms with Crippen LogP contribution in [0.15, 0.2) is 18.2 Å². The van der Waals surface area contributed by atoms with Crippen molar-refractivity contribution in [3.63, 3.8) is 0 Å². The van der Waals surface area contributed by atoms with Crippen molar-refractivity contribution in [2.75, 3.05) is 6.54 Å². The van der Waals surface area contributed by atoms with Crippen molar-refractivity contribution in [3.8, 4) is 0 Å². The normalized spacial score (nSPS) is 17.6. The second-order valence-electron chi connectivity index (χ2n) is 5.36. The molecule has 0 saturated heterocycles. The van der Waals surface area contributed by atoms with Crippen molar-refractivity contribution in [1.29, 1.82) is 0 Å². The Balaban J connectivity index is 1.82. The van der Waals surface area contributed by atoms with Gasteiger partial charge in [0.2, 0.25) is 5.91 Å².